The predicted molar refractivity (Wildman–Crippen MR) is 132 cm³/mol. The van der Waals surface area contributed by atoms with E-state index in [2.05, 4.69) is 75.1 Å². The van der Waals surface area contributed by atoms with Gasteiger partial charge in [0.15, 0.2) is 0 Å². The van der Waals surface area contributed by atoms with E-state index in [1.165, 1.54) is 89.8 Å². The van der Waals surface area contributed by atoms with E-state index in [9.17, 15) is 0 Å². The topological polar surface area (TPSA) is 12.5 Å². The molecule has 0 radical (unpaired) electrons. The molecule has 0 fully saturated rings. The van der Waals surface area contributed by atoms with Crippen molar-refractivity contribution >= 4 is 17.8 Å². The third-order valence-corrected chi connectivity index (χ3v) is 7.30. The first-order valence-corrected chi connectivity index (χ1v) is 12.1. The summed E-state index contributed by atoms with van der Waals surface area (Å²) < 4.78 is 6.75. The summed E-state index contributed by atoms with van der Waals surface area (Å²) in [6, 6.07) is 9.21. The van der Waals surface area contributed by atoms with Crippen molar-refractivity contribution < 1.29 is 4.74 Å². The average Bonchev–Trinajstić information content (AvgIpc) is 2.76. The fourth-order valence-corrected chi connectivity index (χ4v) is 5.64. The zero-order chi connectivity index (χ0) is 21.6. The summed E-state index contributed by atoms with van der Waals surface area (Å²) in [7, 11) is 0. The van der Waals surface area contributed by atoms with Crippen molar-refractivity contribution in [3.8, 4) is 5.75 Å². The van der Waals surface area contributed by atoms with Crippen LogP contribution in [-0.2, 0) is 18.4 Å². The molecule has 3 heterocycles. The number of anilines is 1. The molecule has 2 aromatic carbocycles. The molecule has 3 aliphatic heterocycles. The maximum Gasteiger partial charge on any atom is 0.150 e. The molecule has 0 N–H and O–H groups in total. The summed E-state index contributed by atoms with van der Waals surface area (Å²) in [4.78, 5) is 2.61. The van der Waals surface area contributed by atoms with Crippen molar-refractivity contribution in [1.29, 1.82) is 0 Å². The highest BCUT2D eigenvalue weighted by Crippen LogP contribution is 2.43. The number of rotatable bonds is 4. The molecule has 0 amide bonds. The second-order valence-corrected chi connectivity index (χ2v) is 9.83. The number of hydrogen-bond donors (Lipinski definition) is 0. The molecule has 0 saturated heterocycles. The lowest BCUT2D eigenvalue weighted by atomic mass is 9.83. The molecule has 0 unspecified atom stereocenters. The van der Waals surface area contributed by atoms with Gasteiger partial charge in [0.05, 0.1) is 0 Å². The Hall–Kier alpha value is -2.48. The fourth-order valence-electron chi connectivity index (χ4n) is 5.64. The summed E-state index contributed by atoms with van der Waals surface area (Å²) in [5.74, 6) is 0.999. The molecule has 0 aliphatic carbocycles. The first kappa shape index (κ1) is 20.4. The van der Waals surface area contributed by atoms with Crippen molar-refractivity contribution in [3.63, 3.8) is 0 Å². The van der Waals surface area contributed by atoms with Crippen LogP contribution in [0.15, 0.2) is 35.9 Å². The van der Waals surface area contributed by atoms with Crippen LogP contribution in [0.3, 0.4) is 0 Å². The van der Waals surface area contributed by atoms with Crippen LogP contribution >= 0.6 is 0 Å². The van der Waals surface area contributed by atoms with Crippen LogP contribution in [0, 0.1) is 6.92 Å². The SMILES string of the molecule is CCCC(C)=Cc1c(C)ccc2c1C=C[C@@](C)(c1cc3c4c(c1)CCCN4CCC3)O2. The summed E-state index contributed by atoms with van der Waals surface area (Å²) in [5.41, 5.74) is 10.7. The Kier molecular flexibility index (Phi) is 5.20. The predicted octanol–water partition coefficient (Wildman–Crippen LogP) is 7.22. The fraction of sp³-hybridized carbons (Fsp3) is 0.448. The van der Waals surface area contributed by atoms with E-state index in [-0.39, 0.29) is 0 Å². The van der Waals surface area contributed by atoms with Crippen molar-refractivity contribution in [2.75, 3.05) is 18.0 Å². The summed E-state index contributed by atoms with van der Waals surface area (Å²) in [6.07, 6.45) is 14.1. The zero-order valence-corrected chi connectivity index (χ0v) is 19.6. The monoisotopic (exact) mass is 413 g/mol. The van der Waals surface area contributed by atoms with Crippen LogP contribution in [0.4, 0.5) is 5.69 Å². The molecule has 2 heteroatoms. The minimum atomic E-state index is -0.424. The molecule has 2 aromatic rings. The highest BCUT2D eigenvalue weighted by Gasteiger charge is 2.33. The van der Waals surface area contributed by atoms with Crippen molar-refractivity contribution in [2.45, 2.75) is 71.8 Å². The van der Waals surface area contributed by atoms with E-state index >= 15 is 0 Å². The van der Waals surface area contributed by atoms with E-state index in [1.54, 1.807) is 0 Å². The quantitative estimate of drug-likeness (QED) is 0.525. The Morgan fingerprint density at radius 2 is 1.84 bits per heavy atom. The lowest BCUT2D eigenvalue weighted by Gasteiger charge is -2.39. The first-order chi connectivity index (χ1) is 15.0. The van der Waals surface area contributed by atoms with Gasteiger partial charge in [0, 0.05) is 24.3 Å². The molecule has 0 aromatic heterocycles. The molecule has 2 nitrogen and oxygen atoms in total. The molecule has 162 valence electrons. The van der Waals surface area contributed by atoms with Crippen LogP contribution in [0.25, 0.3) is 12.2 Å². The molecule has 1 atom stereocenters. The van der Waals surface area contributed by atoms with Gasteiger partial charge in [-0.05, 0) is 105 Å². The maximum absolute atomic E-state index is 6.75. The molecule has 5 rings (SSSR count). The van der Waals surface area contributed by atoms with E-state index in [0.29, 0.717) is 0 Å². The van der Waals surface area contributed by atoms with Gasteiger partial charge >= 0.3 is 0 Å². The summed E-state index contributed by atoms with van der Waals surface area (Å²) in [6.45, 7) is 11.3. The van der Waals surface area contributed by atoms with Crippen LogP contribution in [0.2, 0.25) is 0 Å². The second-order valence-electron chi connectivity index (χ2n) is 9.83. The van der Waals surface area contributed by atoms with E-state index in [0.717, 1.165) is 12.2 Å². The number of aryl methyl sites for hydroxylation is 3. The largest absolute Gasteiger partial charge is 0.478 e. The van der Waals surface area contributed by atoms with Gasteiger partial charge in [-0.3, -0.25) is 0 Å². The molecule has 31 heavy (non-hydrogen) atoms. The van der Waals surface area contributed by atoms with Gasteiger partial charge in [-0.25, -0.2) is 0 Å². The molecular formula is C29H35NO. The van der Waals surface area contributed by atoms with Crippen molar-refractivity contribution in [1.82, 2.24) is 0 Å². The Morgan fingerprint density at radius 3 is 2.52 bits per heavy atom. The van der Waals surface area contributed by atoms with Gasteiger partial charge < -0.3 is 9.64 Å². The van der Waals surface area contributed by atoms with Crippen molar-refractivity contribution in [2.24, 2.45) is 0 Å². The second kappa shape index (κ2) is 7.89. The molecule has 3 aliphatic rings. The smallest absolute Gasteiger partial charge is 0.150 e. The normalized spacial score (nSPS) is 22.1. The maximum atomic E-state index is 6.75. The minimum Gasteiger partial charge on any atom is -0.478 e. The third-order valence-electron chi connectivity index (χ3n) is 7.30. The highest BCUT2D eigenvalue weighted by atomic mass is 16.5. The van der Waals surface area contributed by atoms with Crippen molar-refractivity contribution in [3.05, 3.63) is 69.3 Å². The molecule has 0 bridgehead atoms. The third kappa shape index (κ3) is 3.60. The first-order valence-electron chi connectivity index (χ1n) is 12.1. The van der Waals surface area contributed by atoms with E-state index in [4.69, 9.17) is 4.74 Å². The van der Waals surface area contributed by atoms with Crippen LogP contribution in [0.5, 0.6) is 5.75 Å². The highest BCUT2D eigenvalue weighted by molar-refractivity contribution is 5.75. The van der Waals surface area contributed by atoms with Gasteiger partial charge in [0.2, 0.25) is 0 Å². The standard InChI is InChI=1S/C29H35NO/c1-5-8-20(2)17-26-21(3)11-12-27-25(26)13-14-29(4,31-27)24-18-22-9-6-15-30-16-7-10-23(19-24)28(22)30/h11-14,17-19H,5-10,15-16H2,1-4H3/t29-/m0/s1. The van der Waals surface area contributed by atoms with Crippen LogP contribution in [0.1, 0.15) is 79.8 Å². The zero-order valence-electron chi connectivity index (χ0n) is 19.6. The summed E-state index contributed by atoms with van der Waals surface area (Å²) >= 11 is 0. The Morgan fingerprint density at radius 1 is 1.13 bits per heavy atom. The molecule has 0 saturated carbocycles. The Balaban J connectivity index is 1.54. The minimum absolute atomic E-state index is 0.424. The number of fused-ring (bicyclic) bond motifs is 1. The van der Waals surface area contributed by atoms with Gasteiger partial charge in [0.1, 0.15) is 11.4 Å². The number of ether oxygens (including phenoxy) is 1. The lowest BCUT2D eigenvalue weighted by molar-refractivity contribution is 0.138. The number of benzene rings is 2. The van der Waals surface area contributed by atoms with Crippen LogP contribution in [-0.4, -0.2) is 13.1 Å². The average molecular weight is 414 g/mol. The Labute approximate surface area is 187 Å². The van der Waals surface area contributed by atoms with E-state index < -0.39 is 5.60 Å². The lowest BCUT2D eigenvalue weighted by Crippen LogP contribution is -2.36. The molecular weight excluding hydrogens is 378 g/mol. The number of allylic oxidation sites excluding steroid dienone is 1. The van der Waals surface area contributed by atoms with E-state index in [1.807, 2.05) is 0 Å². The van der Waals surface area contributed by atoms with Gasteiger partial charge in [-0.15, -0.1) is 0 Å². The van der Waals surface area contributed by atoms with Gasteiger partial charge in [-0.2, -0.15) is 0 Å². The van der Waals surface area contributed by atoms with Gasteiger partial charge in [0.25, 0.3) is 0 Å². The number of nitrogens with zero attached hydrogens (tertiary/aromatic N) is 1. The summed E-state index contributed by atoms with van der Waals surface area (Å²) in [5, 5.41) is 0. The number of hydrogen-bond acceptors (Lipinski definition) is 2. The Bertz CT molecular complexity index is 1050. The molecule has 0 spiro atoms. The van der Waals surface area contributed by atoms with Gasteiger partial charge in [-0.1, -0.05) is 37.1 Å². The van der Waals surface area contributed by atoms with Crippen LogP contribution < -0.4 is 9.64 Å².